The number of carbonyl (C=O) groups excluding carboxylic acids is 4. The second-order valence-corrected chi connectivity index (χ2v) is 17.5. The Labute approximate surface area is 307 Å². The summed E-state index contributed by atoms with van der Waals surface area (Å²) in [6.45, 7) is 12.6. The van der Waals surface area contributed by atoms with Crippen LogP contribution in [0.3, 0.4) is 0 Å². The van der Waals surface area contributed by atoms with Gasteiger partial charge in [0.15, 0.2) is 0 Å². The molecule has 0 radical (unpaired) electrons. The summed E-state index contributed by atoms with van der Waals surface area (Å²) >= 11 is 0. The normalized spacial score (nSPS) is 27.1. The van der Waals surface area contributed by atoms with Gasteiger partial charge >= 0.3 is 5.97 Å². The second kappa shape index (κ2) is 17.4. The van der Waals surface area contributed by atoms with Crippen LogP contribution in [0.5, 0.6) is 0 Å². The summed E-state index contributed by atoms with van der Waals surface area (Å²) in [6.07, 6.45) is 11.5. The molecule has 9 nitrogen and oxygen atoms in total. The molecular weight excluding hydrogens is 640 g/mol. The molecule has 0 aromatic heterocycles. The molecule has 1 saturated carbocycles. The molecule has 1 aromatic carbocycles. The van der Waals surface area contributed by atoms with Gasteiger partial charge in [-0.15, -0.1) is 0 Å². The quantitative estimate of drug-likeness (QED) is 0.239. The lowest BCUT2D eigenvalue weighted by molar-refractivity contribution is -0.156. The summed E-state index contributed by atoms with van der Waals surface area (Å²) in [5, 5.41) is 3.16. The monoisotopic (exact) mass is 707 g/mol. The Morgan fingerprint density at radius 3 is 2.39 bits per heavy atom. The molecule has 2 aliphatic carbocycles. The molecule has 0 bridgehead atoms. The van der Waals surface area contributed by atoms with Crippen LogP contribution in [-0.4, -0.2) is 96.2 Å². The van der Waals surface area contributed by atoms with Crippen LogP contribution in [0, 0.1) is 23.2 Å². The Morgan fingerprint density at radius 2 is 1.67 bits per heavy atom. The Morgan fingerprint density at radius 1 is 0.922 bits per heavy atom. The molecular formula is C42H66N4O5. The van der Waals surface area contributed by atoms with Crippen molar-refractivity contribution < 1.29 is 23.9 Å². The summed E-state index contributed by atoms with van der Waals surface area (Å²) in [4.78, 5) is 61.2. The van der Waals surface area contributed by atoms with Crippen molar-refractivity contribution in [1.29, 1.82) is 0 Å². The first-order valence-corrected chi connectivity index (χ1v) is 20.1. The van der Waals surface area contributed by atoms with Crippen LogP contribution in [0.25, 0.3) is 0 Å². The van der Waals surface area contributed by atoms with Crippen molar-refractivity contribution in [1.82, 2.24) is 20.0 Å². The maximum Gasteiger partial charge on any atom is 0.309 e. The largest absolute Gasteiger partial charge is 0.457 e. The highest BCUT2D eigenvalue weighted by Crippen LogP contribution is 2.39. The van der Waals surface area contributed by atoms with Crippen molar-refractivity contribution >= 4 is 23.6 Å². The van der Waals surface area contributed by atoms with Crippen LogP contribution in [0.4, 0.5) is 0 Å². The van der Waals surface area contributed by atoms with E-state index < -0.39 is 11.5 Å². The number of ether oxygens (including phenoxy) is 1. The Balaban J connectivity index is 1.17. The molecule has 2 saturated heterocycles. The number of amides is 2. The highest BCUT2D eigenvalue weighted by molar-refractivity contribution is 5.90. The SMILES string of the molecule is CC(C)[C@@H](CN1CCCC1C(=O)CCC1CCCC1C(=O)OC1CCCc2ccccc21)N(C)C(=O)C(NC(=O)C1CCCCN1C)C(C)(C)C. The predicted molar refractivity (Wildman–Crippen MR) is 201 cm³/mol. The van der Waals surface area contributed by atoms with E-state index >= 15 is 0 Å². The van der Waals surface area contributed by atoms with Gasteiger partial charge in [0.2, 0.25) is 11.8 Å². The minimum Gasteiger partial charge on any atom is -0.457 e. The van der Waals surface area contributed by atoms with E-state index in [9.17, 15) is 19.2 Å². The van der Waals surface area contributed by atoms with Crippen molar-refractivity contribution in [3.8, 4) is 0 Å². The molecule has 284 valence electrons. The van der Waals surface area contributed by atoms with Gasteiger partial charge in [-0.1, -0.05) is 71.7 Å². The van der Waals surface area contributed by atoms with Crippen LogP contribution < -0.4 is 5.32 Å². The molecule has 2 amide bonds. The van der Waals surface area contributed by atoms with Gasteiger partial charge < -0.3 is 15.0 Å². The number of aryl methyl sites for hydroxylation is 1. The number of piperidine rings is 1. The fourth-order valence-electron chi connectivity index (χ4n) is 9.34. The van der Waals surface area contributed by atoms with Gasteiger partial charge in [0, 0.05) is 26.1 Å². The maximum atomic E-state index is 14.2. The number of ketones is 1. The van der Waals surface area contributed by atoms with Crippen molar-refractivity contribution in [2.24, 2.45) is 23.2 Å². The predicted octanol–water partition coefficient (Wildman–Crippen LogP) is 6.34. The van der Waals surface area contributed by atoms with E-state index in [1.165, 1.54) is 5.56 Å². The minimum atomic E-state index is -0.651. The number of fused-ring (bicyclic) bond motifs is 1. The van der Waals surface area contributed by atoms with E-state index in [-0.39, 0.29) is 65.6 Å². The van der Waals surface area contributed by atoms with E-state index in [0.717, 1.165) is 95.7 Å². The fourth-order valence-corrected chi connectivity index (χ4v) is 9.34. The molecule has 0 spiro atoms. The topological polar surface area (TPSA) is 99.3 Å². The zero-order chi connectivity index (χ0) is 36.9. The van der Waals surface area contributed by atoms with Crippen LogP contribution in [0.1, 0.15) is 129 Å². The van der Waals surface area contributed by atoms with Crippen molar-refractivity contribution in [2.45, 2.75) is 148 Å². The first-order chi connectivity index (χ1) is 24.3. The van der Waals surface area contributed by atoms with Gasteiger partial charge in [-0.2, -0.15) is 0 Å². The summed E-state index contributed by atoms with van der Waals surface area (Å²) in [7, 11) is 3.85. The number of esters is 1. The third-order valence-corrected chi connectivity index (χ3v) is 12.5. The van der Waals surface area contributed by atoms with Gasteiger partial charge in [-0.25, -0.2) is 0 Å². The minimum absolute atomic E-state index is 0.0674. The molecule has 9 heteroatoms. The number of rotatable bonds is 13. The fraction of sp³-hybridized carbons (Fsp3) is 0.762. The molecule has 7 atom stereocenters. The average molecular weight is 707 g/mol. The van der Waals surface area contributed by atoms with E-state index in [4.69, 9.17) is 4.74 Å². The highest BCUT2D eigenvalue weighted by atomic mass is 16.5. The molecule has 2 aliphatic heterocycles. The molecule has 1 aromatic rings. The van der Waals surface area contributed by atoms with E-state index in [1.807, 2.05) is 45.8 Å². The summed E-state index contributed by atoms with van der Waals surface area (Å²) in [6, 6.07) is 7.19. The second-order valence-electron chi connectivity index (χ2n) is 17.5. The van der Waals surface area contributed by atoms with Gasteiger partial charge in [0.05, 0.1) is 18.0 Å². The number of hydrogen-bond donors (Lipinski definition) is 1. The van der Waals surface area contributed by atoms with Gasteiger partial charge in [0.25, 0.3) is 0 Å². The number of benzene rings is 1. The Bertz CT molecular complexity index is 1370. The maximum absolute atomic E-state index is 14.2. The number of nitrogens with zero attached hydrogens (tertiary/aromatic N) is 3. The van der Waals surface area contributed by atoms with Gasteiger partial charge in [0.1, 0.15) is 17.9 Å². The van der Waals surface area contributed by atoms with Crippen molar-refractivity contribution in [2.75, 3.05) is 33.7 Å². The Kier molecular flexibility index (Phi) is 13.4. The number of carbonyl (C=O) groups is 4. The van der Waals surface area contributed by atoms with E-state index in [1.54, 1.807) is 0 Å². The van der Waals surface area contributed by atoms with E-state index in [0.29, 0.717) is 13.0 Å². The van der Waals surface area contributed by atoms with Gasteiger partial charge in [-0.3, -0.25) is 29.0 Å². The molecule has 5 rings (SSSR count). The molecule has 2 heterocycles. The molecule has 51 heavy (non-hydrogen) atoms. The highest BCUT2D eigenvalue weighted by Gasteiger charge is 2.42. The summed E-state index contributed by atoms with van der Waals surface area (Å²) < 4.78 is 6.17. The lowest BCUT2D eigenvalue weighted by atomic mass is 9.84. The summed E-state index contributed by atoms with van der Waals surface area (Å²) in [5.74, 6) is 0.232. The third-order valence-electron chi connectivity index (χ3n) is 12.5. The molecule has 6 unspecified atom stereocenters. The summed E-state index contributed by atoms with van der Waals surface area (Å²) in [5.41, 5.74) is 1.98. The number of Topliss-reactive ketones (excluding diaryl/α,β-unsaturated/α-hetero) is 1. The smallest absolute Gasteiger partial charge is 0.309 e. The zero-order valence-corrected chi connectivity index (χ0v) is 32.6. The van der Waals surface area contributed by atoms with Crippen LogP contribution in [-0.2, 0) is 30.3 Å². The lowest BCUT2D eigenvalue weighted by Crippen LogP contribution is -2.61. The van der Waals surface area contributed by atoms with Gasteiger partial charge in [-0.05, 0) is 113 Å². The first kappa shape index (κ1) is 39.4. The molecule has 1 N–H and O–H groups in total. The number of nitrogens with one attached hydrogen (secondary N) is 1. The van der Waals surface area contributed by atoms with Crippen LogP contribution in [0.15, 0.2) is 24.3 Å². The van der Waals surface area contributed by atoms with Crippen molar-refractivity contribution in [3.63, 3.8) is 0 Å². The number of likely N-dealkylation sites (tertiary alicyclic amines) is 2. The zero-order valence-electron chi connectivity index (χ0n) is 32.6. The lowest BCUT2D eigenvalue weighted by Gasteiger charge is -2.41. The Hall–Kier alpha value is -2.78. The molecule has 4 aliphatic rings. The van der Waals surface area contributed by atoms with Crippen LogP contribution >= 0.6 is 0 Å². The first-order valence-electron chi connectivity index (χ1n) is 20.1. The third kappa shape index (κ3) is 9.61. The van der Waals surface area contributed by atoms with Crippen LogP contribution in [0.2, 0.25) is 0 Å². The number of hydrogen-bond acceptors (Lipinski definition) is 7. The molecule has 3 fully saturated rings. The number of likely N-dealkylation sites (N-methyl/N-ethyl adjacent to an activating group) is 2. The van der Waals surface area contributed by atoms with Crippen molar-refractivity contribution in [3.05, 3.63) is 35.4 Å². The van der Waals surface area contributed by atoms with E-state index in [2.05, 4.69) is 47.2 Å². The average Bonchev–Trinajstić information content (AvgIpc) is 3.77. The standard InChI is InChI=1S/C42H66N4O5/c1-28(2)35(45(7)40(49)38(42(3,4)5)43-39(48)34-20-10-11-25-44(34)6)27-46-26-14-21-33(46)36(47)24-23-30-16-12-19-32(30)41(50)51-37-22-13-17-29-15-8-9-18-31(29)37/h8-9,15,18,28,30,32-35,37-38H,10-14,16-17,19-27H2,1-7H3,(H,43,48)/t30?,32?,33?,34?,35-,37?,38?/m1/s1.